The summed E-state index contributed by atoms with van der Waals surface area (Å²) in [6, 6.07) is 6.07. The van der Waals surface area contributed by atoms with E-state index in [1.165, 1.54) is 6.07 Å². The number of pyridine rings is 1. The van der Waals surface area contributed by atoms with E-state index in [9.17, 15) is 14.0 Å². The molecule has 2 heterocycles. The van der Waals surface area contributed by atoms with Crippen LogP contribution in [0.4, 0.5) is 10.1 Å². The van der Waals surface area contributed by atoms with E-state index >= 15 is 0 Å². The molecule has 2 aromatic rings. The van der Waals surface area contributed by atoms with Gasteiger partial charge >= 0.3 is 0 Å². The van der Waals surface area contributed by atoms with Crippen molar-refractivity contribution in [2.75, 3.05) is 5.32 Å². The van der Waals surface area contributed by atoms with Gasteiger partial charge in [-0.25, -0.2) is 9.37 Å². The van der Waals surface area contributed by atoms with Crippen LogP contribution in [0.1, 0.15) is 10.4 Å². The van der Waals surface area contributed by atoms with Crippen molar-refractivity contribution in [1.29, 1.82) is 0 Å². The highest BCUT2D eigenvalue weighted by Crippen LogP contribution is 2.34. The lowest BCUT2D eigenvalue weighted by molar-refractivity contribution is -0.112. The van der Waals surface area contributed by atoms with Crippen LogP contribution in [0.3, 0.4) is 0 Å². The Bertz CT molecular complexity index is 734. The largest absolute Gasteiger partial charge is 0.318 e. The smallest absolute Gasteiger partial charge is 0.296 e. The van der Waals surface area contributed by atoms with E-state index in [1.807, 2.05) is 0 Å². The van der Waals surface area contributed by atoms with Crippen LogP contribution in [0.2, 0.25) is 0 Å². The molecule has 4 nitrogen and oxygen atoms in total. The molecule has 7 heteroatoms. The lowest BCUT2D eigenvalue weighted by atomic mass is 10.1. The molecule has 0 bridgehead atoms. The Kier molecular flexibility index (Phi) is 3.31. The fraction of sp³-hybridized carbons (Fsp3) is 0. The molecule has 1 aromatic carbocycles. The molecule has 1 N–H and O–H groups in total. The molecule has 0 radical (unpaired) electrons. The van der Waals surface area contributed by atoms with Crippen molar-refractivity contribution in [3.05, 3.63) is 46.3 Å². The summed E-state index contributed by atoms with van der Waals surface area (Å²) in [5, 5.41) is 3.03. The van der Waals surface area contributed by atoms with Gasteiger partial charge < -0.3 is 5.32 Å². The maximum absolute atomic E-state index is 14.0. The molecule has 1 amide bonds. The number of carbonyl (C=O) groups is 2. The van der Waals surface area contributed by atoms with Gasteiger partial charge in [-0.2, -0.15) is 0 Å². The molecule has 0 spiro atoms. The van der Waals surface area contributed by atoms with Crippen LogP contribution < -0.4 is 5.32 Å². The maximum atomic E-state index is 14.0. The quantitative estimate of drug-likeness (QED) is 0.842. The third-order valence-electron chi connectivity index (χ3n) is 2.69. The van der Waals surface area contributed by atoms with Gasteiger partial charge in [0.25, 0.3) is 11.7 Å². The number of hydrogen-bond donors (Lipinski definition) is 1. The molecule has 0 saturated heterocycles. The van der Waals surface area contributed by atoms with E-state index in [0.29, 0.717) is 15.6 Å². The van der Waals surface area contributed by atoms with Gasteiger partial charge in [0.05, 0.1) is 16.1 Å². The number of benzene rings is 1. The summed E-state index contributed by atoms with van der Waals surface area (Å²) in [5.74, 6) is -2.00. The second-order valence-electron chi connectivity index (χ2n) is 4.03. The van der Waals surface area contributed by atoms with E-state index in [1.54, 1.807) is 18.3 Å². The molecule has 100 valence electrons. The number of aromatic nitrogens is 1. The van der Waals surface area contributed by atoms with Gasteiger partial charge in [-0.05, 0) is 40.2 Å². The second-order valence-corrected chi connectivity index (χ2v) is 6.01. The molecule has 0 fully saturated rings. The Labute approximate surface area is 125 Å². The third-order valence-corrected chi connectivity index (χ3v) is 4.14. The highest BCUT2D eigenvalue weighted by molar-refractivity contribution is 9.10. The minimum absolute atomic E-state index is 0.0700. The fourth-order valence-electron chi connectivity index (χ4n) is 1.76. The summed E-state index contributed by atoms with van der Waals surface area (Å²) in [7, 11) is 0. The second kappa shape index (κ2) is 4.99. The molecular formula is C13H6BrFN2O2S. The first-order valence-corrected chi connectivity index (χ1v) is 7.14. The standard InChI is InChI=1S/C13H6BrFN2O2S/c14-6-1-2-11(16-5-6)20-10-4-9-7(3-8(10)15)12(18)13(19)17-9/h1-5H,(H,17,18,19). The molecule has 1 aliphatic heterocycles. The number of fused-ring (bicyclic) bond motifs is 1. The Morgan fingerprint density at radius 1 is 1.25 bits per heavy atom. The number of amides is 1. The van der Waals surface area contributed by atoms with Crippen LogP contribution in [0.5, 0.6) is 0 Å². The van der Waals surface area contributed by atoms with Crippen LogP contribution in [0, 0.1) is 5.82 Å². The summed E-state index contributed by atoms with van der Waals surface area (Å²) in [6.45, 7) is 0. The Morgan fingerprint density at radius 2 is 2.05 bits per heavy atom. The monoisotopic (exact) mass is 352 g/mol. The predicted molar refractivity (Wildman–Crippen MR) is 75.4 cm³/mol. The molecule has 0 unspecified atom stereocenters. The van der Waals surface area contributed by atoms with E-state index < -0.39 is 17.5 Å². The molecule has 0 aliphatic carbocycles. The van der Waals surface area contributed by atoms with Crippen LogP contribution in [-0.2, 0) is 4.79 Å². The normalized spacial score (nSPS) is 13.3. The minimum atomic E-state index is -0.733. The molecular weight excluding hydrogens is 347 g/mol. The zero-order valence-electron chi connectivity index (χ0n) is 9.81. The zero-order valence-corrected chi connectivity index (χ0v) is 12.2. The van der Waals surface area contributed by atoms with E-state index in [-0.39, 0.29) is 5.56 Å². The van der Waals surface area contributed by atoms with Crippen molar-refractivity contribution in [3.8, 4) is 0 Å². The topological polar surface area (TPSA) is 59.1 Å². The summed E-state index contributed by atoms with van der Waals surface area (Å²) in [4.78, 5) is 27.1. The van der Waals surface area contributed by atoms with Gasteiger partial charge in [0.15, 0.2) is 0 Å². The number of nitrogens with one attached hydrogen (secondary N) is 1. The minimum Gasteiger partial charge on any atom is -0.318 e. The Hall–Kier alpha value is -1.73. The Balaban J connectivity index is 1.96. The summed E-state index contributed by atoms with van der Waals surface area (Å²) >= 11 is 4.39. The Morgan fingerprint density at radius 3 is 2.75 bits per heavy atom. The summed E-state index contributed by atoms with van der Waals surface area (Å²) < 4.78 is 14.8. The molecule has 3 rings (SSSR count). The maximum Gasteiger partial charge on any atom is 0.296 e. The van der Waals surface area contributed by atoms with E-state index in [2.05, 4.69) is 26.2 Å². The van der Waals surface area contributed by atoms with Crippen molar-refractivity contribution >= 4 is 45.1 Å². The lowest BCUT2D eigenvalue weighted by Crippen LogP contribution is -2.12. The number of Topliss-reactive ketones (excluding diaryl/α,β-unsaturated/α-hetero) is 1. The van der Waals surface area contributed by atoms with Crippen molar-refractivity contribution in [1.82, 2.24) is 4.98 Å². The van der Waals surface area contributed by atoms with Crippen LogP contribution in [0.25, 0.3) is 0 Å². The van der Waals surface area contributed by atoms with Crippen molar-refractivity contribution in [2.24, 2.45) is 0 Å². The van der Waals surface area contributed by atoms with Crippen molar-refractivity contribution < 1.29 is 14.0 Å². The van der Waals surface area contributed by atoms with E-state index in [0.717, 1.165) is 22.3 Å². The summed E-state index contributed by atoms with van der Waals surface area (Å²) in [6.07, 6.45) is 1.61. The van der Waals surface area contributed by atoms with Crippen LogP contribution >= 0.6 is 27.7 Å². The van der Waals surface area contributed by atoms with Crippen molar-refractivity contribution in [2.45, 2.75) is 9.92 Å². The number of halogens is 2. The zero-order chi connectivity index (χ0) is 14.3. The number of anilines is 1. The van der Waals surface area contributed by atoms with Gasteiger partial charge in [-0.3, -0.25) is 9.59 Å². The molecule has 0 saturated carbocycles. The number of nitrogens with zero attached hydrogens (tertiary/aromatic N) is 1. The van der Waals surface area contributed by atoms with Gasteiger partial charge in [-0.15, -0.1) is 0 Å². The SMILES string of the molecule is O=C1Nc2cc(Sc3ccc(Br)cn3)c(F)cc2C1=O. The molecule has 1 aromatic heterocycles. The lowest BCUT2D eigenvalue weighted by Gasteiger charge is -2.05. The first-order valence-electron chi connectivity index (χ1n) is 5.53. The average molecular weight is 353 g/mol. The first kappa shape index (κ1) is 13.3. The first-order chi connectivity index (χ1) is 9.54. The van der Waals surface area contributed by atoms with Gasteiger partial charge in [-0.1, -0.05) is 11.8 Å². The van der Waals surface area contributed by atoms with Gasteiger partial charge in [0, 0.05) is 10.7 Å². The molecule has 0 atom stereocenters. The van der Waals surface area contributed by atoms with Crippen LogP contribution in [-0.4, -0.2) is 16.7 Å². The third kappa shape index (κ3) is 2.34. The molecule has 1 aliphatic rings. The number of ketones is 1. The number of hydrogen-bond acceptors (Lipinski definition) is 4. The highest BCUT2D eigenvalue weighted by Gasteiger charge is 2.29. The van der Waals surface area contributed by atoms with Gasteiger partial charge in [0.1, 0.15) is 10.8 Å². The summed E-state index contributed by atoms with van der Waals surface area (Å²) in [5.41, 5.74) is 0.404. The number of carbonyl (C=O) groups excluding carboxylic acids is 2. The average Bonchev–Trinajstić information content (AvgIpc) is 2.69. The predicted octanol–water partition coefficient (Wildman–Crippen LogP) is 3.27. The highest BCUT2D eigenvalue weighted by atomic mass is 79.9. The van der Waals surface area contributed by atoms with Gasteiger partial charge in [0.2, 0.25) is 0 Å². The number of rotatable bonds is 2. The van der Waals surface area contributed by atoms with Crippen LogP contribution in [0.15, 0.2) is 44.9 Å². The van der Waals surface area contributed by atoms with E-state index in [4.69, 9.17) is 0 Å². The van der Waals surface area contributed by atoms with Crippen molar-refractivity contribution in [3.63, 3.8) is 0 Å². The fourth-order valence-corrected chi connectivity index (χ4v) is 2.79. The molecule has 20 heavy (non-hydrogen) atoms.